The Bertz CT molecular complexity index is 1030. The Kier molecular flexibility index (Phi) is 12.8. The smallest absolute Gasteiger partial charge is 0.409 e. The molecule has 1 N–H and O–H groups in total. The minimum Gasteiger partial charge on any atom is -0.493 e. The summed E-state index contributed by atoms with van der Waals surface area (Å²) in [7, 11) is -1.36. The average Bonchev–Trinajstić information content (AvgIpc) is 2.84. The second-order valence-electron chi connectivity index (χ2n) is 13.9. The first-order valence-electron chi connectivity index (χ1n) is 15.2. The zero-order valence-corrected chi connectivity index (χ0v) is 28.6. The van der Waals surface area contributed by atoms with Crippen LogP contribution in [-0.2, 0) is 18.6 Å². The second-order valence-corrected chi connectivity index (χ2v) is 16.3. The number of hydrogen-bond donors (Lipinski definition) is 1. The first-order valence-corrected chi connectivity index (χ1v) is 18.0. The van der Waals surface area contributed by atoms with E-state index in [1.165, 1.54) is 25.7 Å². The predicted octanol–water partition coefficient (Wildman–Crippen LogP) is 7.52. The highest BCUT2D eigenvalue weighted by Crippen LogP contribution is 2.41. The summed E-state index contributed by atoms with van der Waals surface area (Å²) in [6, 6.07) is 6.03. The summed E-state index contributed by atoms with van der Waals surface area (Å²) in [6.45, 7) is 23.4. The lowest BCUT2D eigenvalue weighted by molar-refractivity contribution is -0.262. The molecule has 8 heteroatoms. The lowest BCUT2D eigenvalue weighted by Gasteiger charge is -2.41. The third-order valence-electron chi connectivity index (χ3n) is 6.51. The molecule has 1 amide bonds. The molecule has 0 aromatic heterocycles. The number of rotatable bonds is 11. The van der Waals surface area contributed by atoms with Crippen LogP contribution in [0.2, 0.25) is 13.1 Å². The van der Waals surface area contributed by atoms with Gasteiger partial charge in [-0.1, -0.05) is 65.2 Å². The lowest BCUT2D eigenvalue weighted by atomic mass is 9.84. The molecule has 1 aliphatic rings. The third-order valence-corrected chi connectivity index (χ3v) is 7.33. The first kappa shape index (κ1) is 35.1. The number of alkyl carbamates (subject to hydrolysis) is 1. The highest BCUT2D eigenvalue weighted by atomic mass is 28.3. The summed E-state index contributed by atoms with van der Waals surface area (Å²) in [6.07, 6.45) is 5.20. The molecular weight excluding hydrogens is 534 g/mol. The van der Waals surface area contributed by atoms with E-state index >= 15 is 0 Å². The van der Waals surface area contributed by atoms with E-state index in [1.807, 2.05) is 46.8 Å². The normalized spacial score (nSPS) is 17.4. The molecule has 2 rings (SSSR count). The number of ether oxygens (including phenoxy) is 4. The van der Waals surface area contributed by atoms with Crippen molar-refractivity contribution in [3.8, 4) is 17.6 Å². The Balaban J connectivity index is 2.43. The van der Waals surface area contributed by atoms with Crippen molar-refractivity contribution >= 4 is 15.1 Å². The van der Waals surface area contributed by atoms with Gasteiger partial charge >= 0.3 is 6.09 Å². The maximum Gasteiger partial charge on any atom is 0.409 e. The van der Waals surface area contributed by atoms with Gasteiger partial charge in [-0.3, -0.25) is 0 Å². The van der Waals surface area contributed by atoms with Crippen LogP contribution in [0.15, 0.2) is 18.2 Å². The largest absolute Gasteiger partial charge is 0.493 e. The molecule has 1 unspecified atom stereocenters. The Hall–Kier alpha value is -2.05. The van der Waals surface area contributed by atoms with Gasteiger partial charge in [0.1, 0.15) is 11.4 Å². The molecule has 232 valence electrons. The molecule has 0 bridgehead atoms. The summed E-state index contributed by atoms with van der Waals surface area (Å²) in [5, 5.41) is 2.92. The molecule has 0 radical (unpaired) electrons. The molecule has 7 nitrogen and oxygen atoms in total. The zero-order valence-electron chi connectivity index (χ0n) is 27.5. The topological polar surface area (TPSA) is 75.3 Å². The molecule has 0 saturated carbocycles. The number of carbonyl (C=O) groups is 1. The van der Waals surface area contributed by atoms with E-state index in [2.05, 4.69) is 64.0 Å². The lowest BCUT2D eigenvalue weighted by Crippen LogP contribution is -2.60. The van der Waals surface area contributed by atoms with Crippen molar-refractivity contribution in [2.24, 2.45) is 5.41 Å². The van der Waals surface area contributed by atoms with Crippen LogP contribution in [0.3, 0.4) is 0 Å². The van der Waals surface area contributed by atoms with Gasteiger partial charge in [0.25, 0.3) is 0 Å². The van der Waals surface area contributed by atoms with Crippen molar-refractivity contribution in [1.82, 2.24) is 5.32 Å². The van der Waals surface area contributed by atoms with Gasteiger partial charge in [0, 0.05) is 11.1 Å². The van der Waals surface area contributed by atoms with Crippen molar-refractivity contribution in [3.63, 3.8) is 0 Å². The number of unbranched alkanes of at least 4 members (excludes halogenated alkanes) is 4. The molecule has 1 aromatic carbocycles. The van der Waals surface area contributed by atoms with Gasteiger partial charge in [-0.05, 0) is 77.7 Å². The van der Waals surface area contributed by atoms with E-state index in [0.29, 0.717) is 6.61 Å². The van der Waals surface area contributed by atoms with Gasteiger partial charge in [0.05, 0.1) is 25.9 Å². The molecule has 1 atom stereocenters. The molecule has 1 saturated heterocycles. The first-order chi connectivity index (χ1) is 19.0. The van der Waals surface area contributed by atoms with Gasteiger partial charge in [0.2, 0.25) is 0 Å². The second kappa shape index (κ2) is 14.9. The van der Waals surface area contributed by atoms with E-state index in [1.54, 1.807) is 0 Å². The SMILES string of the molecule is CCCCCCCOc1ccc(C#CC2(NC(=O)OC(C)(C)C)COC(C)(C)OC2)cc1C(O[SiH](C)C)C(C)(C)C. The Labute approximate surface area is 251 Å². The molecule has 1 aromatic rings. The molecule has 0 aliphatic carbocycles. The van der Waals surface area contributed by atoms with Crippen molar-refractivity contribution in [2.45, 2.75) is 131 Å². The Morgan fingerprint density at radius 2 is 1.68 bits per heavy atom. The Morgan fingerprint density at radius 3 is 2.24 bits per heavy atom. The van der Waals surface area contributed by atoms with Crippen LogP contribution in [0.1, 0.15) is 112 Å². The highest BCUT2D eigenvalue weighted by Gasteiger charge is 2.41. The fourth-order valence-electron chi connectivity index (χ4n) is 4.41. The molecule has 0 spiro atoms. The minimum absolute atomic E-state index is 0.137. The number of benzene rings is 1. The van der Waals surface area contributed by atoms with Crippen molar-refractivity contribution in [1.29, 1.82) is 0 Å². The van der Waals surface area contributed by atoms with Crippen LogP contribution < -0.4 is 10.1 Å². The maximum absolute atomic E-state index is 12.7. The van der Waals surface area contributed by atoms with Gasteiger partial charge in [0.15, 0.2) is 20.4 Å². The van der Waals surface area contributed by atoms with E-state index < -0.39 is 32.1 Å². The van der Waals surface area contributed by atoms with Crippen LogP contribution >= 0.6 is 0 Å². The number of amides is 1. The average molecular weight is 590 g/mol. The molecule has 1 heterocycles. The monoisotopic (exact) mass is 589 g/mol. The summed E-state index contributed by atoms with van der Waals surface area (Å²) < 4.78 is 30.3. The van der Waals surface area contributed by atoms with Gasteiger partial charge in [-0.25, -0.2) is 4.79 Å². The molecule has 41 heavy (non-hydrogen) atoms. The summed E-state index contributed by atoms with van der Waals surface area (Å²) in [5.41, 5.74) is -0.0365. The maximum atomic E-state index is 12.7. The van der Waals surface area contributed by atoms with Crippen LogP contribution in [0, 0.1) is 17.3 Å². The van der Waals surface area contributed by atoms with Gasteiger partial charge in [-0.2, -0.15) is 0 Å². The van der Waals surface area contributed by atoms with E-state index in [4.69, 9.17) is 23.4 Å². The Morgan fingerprint density at radius 1 is 1.05 bits per heavy atom. The summed E-state index contributed by atoms with van der Waals surface area (Å²) >= 11 is 0. The summed E-state index contributed by atoms with van der Waals surface area (Å²) in [4.78, 5) is 12.7. The van der Waals surface area contributed by atoms with Crippen molar-refractivity contribution in [3.05, 3.63) is 29.3 Å². The fourth-order valence-corrected chi connectivity index (χ4v) is 5.51. The number of hydrogen-bond acceptors (Lipinski definition) is 6. The van der Waals surface area contributed by atoms with E-state index in [0.717, 1.165) is 23.3 Å². The van der Waals surface area contributed by atoms with E-state index in [9.17, 15) is 4.79 Å². The van der Waals surface area contributed by atoms with Gasteiger partial charge in [-0.15, -0.1) is 0 Å². The number of nitrogens with one attached hydrogen (secondary N) is 1. The molecule has 1 fully saturated rings. The van der Waals surface area contributed by atoms with Gasteiger partial charge < -0.3 is 28.7 Å². The van der Waals surface area contributed by atoms with Crippen LogP contribution in [-0.4, -0.2) is 51.9 Å². The third kappa shape index (κ3) is 12.4. The van der Waals surface area contributed by atoms with Crippen molar-refractivity contribution < 1.29 is 28.2 Å². The fraction of sp³-hybridized carbons (Fsp3) is 0.727. The highest BCUT2D eigenvalue weighted by molar-refractivity contribution is 6.48. The van der Waals surface area contributed by atoms with E-state index in [-0.39, 0.29) is 24.7 Å². The molecule has 1 aliphatic heterocycles. The van der Waals surface area contributed by atoms with Crippen LogP contribution in [0.4, 0.5) is 4.79 Å². The predicted molar refractivity (Wildman–Crippen MR) is 168 cm³/mol. The quantitative estimate of drug-likeness (QED) is 0.163. The van der Waals surface area contributed by atoms with Crippen LogP contribution in [0.25, 0.3) is 0 Å². The standard InChI is InChI=1S/C33H55NO6Si/c1-12-13-14-15-16-21-36-27-18-17-25(22-26(27)28(30(2,3)4)40-41(10)11)19-20-33(23-37-32(8,9)38-24-33)34-29(35)39-31(5,6)7/h17-18,22,28,41H,12-16,21,23-24H2,1-11H3,(H,34,35). The number of carbonyl (C=O) groups excluding carboxylic acids is 1. The van der Waals surface area contributed by atoms with Crippen LogP contribution in [0.5, 0.6) is 5.75 Å². The summed E-state index contributed by atoms with van der Waals surface area (Å²) in [5.74, 6) is 6.62. The van der Waals surface area contributed by atoms with Crippen molar-refractivity contribution in [2.75, 3.05) is 19.8 Å². The molecular formula is C33H55NO6Si. The zero-order chi connectivity index (χ0) is 30.9. The minimum atomic E-state index is -1.36.